The molecule has 8 heteroatoms. The van der Waals surface area contributed by atoms with Gasteiger partial charge in [-0.25, -0.2) is 13.8 Å². The van der Waals surface area contributed by atoms with Crippen LogP contribution in [0.25, 0.3) is 0 Å². The summed E-state index contributed by atoms with van der Waals surface area (Å²) in [5.41, 5.74) is 2.80. The summed E-state index contributed by atoms with van der Waals surface area (Å²) < 4.78 is 14.6. The number of anilines is 2. The molecule has 3 rings (SSSR count). The lowest BCUT2D eigenvalue weighted by atomic mass is 9.98. The third-order valence-corrected chi connectivity index (χ3v) is 7.35. The molecule has 2 aromatic rings. The summed E-state index contributed by atoms with van der Waals surface area (Å²) in [5, 5.41) is 2.86. The van der Waals surface area contributed by atoms with Crippen LogP contribution in [-0.2, 0) is 15.8 Å². The number of fused-ring (bicyclic) bond motifs is 1. The molecule has 3 amide bonds. The molecule has 182 valence electrons. The van der Waals surface area contributed by atoms with Gasteiger partial charge in [-0.3, -0.25) is 14.4 Å². The van der Waals surface area contributed by atoms with Crippen molar-refractivity contribution in [3.8, 4) is 0 Å². The number of carbonyl (C=O) groups is 3. The molecule has 1 heterocycles. The van der Waals surface area contributed by atoms with Crippen LogP contribution < -0.4 is 14.9 Å². The SMILES string of the molecule is CCC(C)c1ccc(N2C(=O)c3ccc(NC(=O)CCCCNS(=O)C(C)C)cc3C2=O)cc1. The summed E-state index contributed by atoms with van der Waals surface area (Å²) in [6.07, 6.45) is 2.70. The molecule has 0 saturated heterocycles. The van der Waals surface area contributed by atoms with Crippen molar-refractivity contribution < 1.29 is 18.6 Å². The van der Waals surface area contributed by atoms with Crippen molar-refractivity contribution in [1.29, 1.82) is 0 Å². The van der Waals surface area contributed by atoms with Gasteiger partial charge in [-0.2, -0.15) is 0 Å². The number of amides is 3. The molecule has 0 radical (unpaired) electrons. The van der Waals surface area contributed by atoms with E-state index in [-0.39, 0.29) is 22.6 Å². The smallest absolute Gasteiger partial charge is 0.266 e. The average Bonchev–Trinajstić information content (AvgIpc) is 3.07. The van der Waals surface area contributed by atoms with E-state index < -0.39 is 16.9 Å². The third kappa shape index (κ3) is 5.98. The third-order valence-electron chi connectivity index (χ3n) is 6.01. The van der Waals surface area contributed by atoms with Gasteiger partial charge < -0.3 is 5.32 Å². The standard InChI is InChI=1S/C26H33N3O4S/c1-5-18(4)19-9-12-21(13-10-19)29-25(31)22-14-11-20(16-23(22)26(29)32)28-24(30)8-6-7-15-27-34(33)17(2)3/h9-14,16-18,27H,5-8,15H2,1-4H3,(H,28,30). The number of carbonyl (C=O) groups excluding carboxylic acids is 3. The van der Waals surface area contributed by atoms with E-state index in [0.717, 1.165) is 18.4 Å². The van der Waals surface area contributed by atoms with Gasteiger partial charge in [0.15, 0.2) is 0 Å². The summed E-state index contributed by atoms with van der Waals surface area (Å²) in [4.78, 5) is 39.4. The number of imide groups is 1. The molecule has 0 spiro atoms. The van der Waals surface area contributed by atoms with Gasteiger partial charge in [-0.05, 0) is 74.9 Å². The van der Waals surface area contributed by atoms with E-state index in [1.165, 1.54) is 4.90 Å². The summed E-state index contributed by atoms with van der Waals surface area (Å²) in [6, 6.07) is 12.3. The maximum absolute atomic E-state index is 13.0. The van der Waals surface area contributed by atoms with Crippen molar-refractivity contribution >= 4 is 40.1 Å². The van der Waals surface area contributed by atoms with E-state index in [0.29, 0.717) is 42.2 Å². The van der Waals surface area contributed by atoms with Crippen molar-refractivity contribution in [2.75, 3.05) is 16.8 Å². The van der Waals surface area contributed by atoms with Crippen LogP contribution in [0.1, 0.15) is 85.6 Å². The van der Waals surface area contributed by atoms with Crippen LogP contribution in [0.3, 0.4) is 0 Å². The van der Waals surface area contributed by atoms with Crippen molar-refractivity contribution in [2.24, 2.45) is 0 Å². The Bertz CT molecular complexity index is 1080. The van der Waals surface area contributed by atoms with Crippen LogP contribution in [0.4, 0.5) is 11.4 Å². The number of rotatable bonds is 11. The monoisotopic (exact) mass is 483 g/mol. The summed E-state index contributed by atoms with van der Waals surface area (Å²) in [6.45, 7) is 8.61. The molecule has 7 nitrogen and oxygen atoms in total. The molecule has 2 N–H and O–H groups in total. The van der Waals surface area contributed by atoms with Crippen LogP contribution in [0, 0.1) is 0 Å². The zero-order valence-electron chi connectivity index (χ0n) is 20.2. The molecule has 1 aliphatic heterocycles. The van der Waals surface area contributed by atoms with Gasteiger partial charge in [0, 0.05) is 23.9 Å². The highest BCUT2D eigenvalue weighted by molar-refractivity contribution is 7.83. The second kappa shape index (κ2) is 11.5. The second-order valence-electron chi connectivity index (χ2n) is 8.85. The maximum Gasteiger partial charge on any atom is 0.266 e. The molecule has 0 aliphatic carbocycles. The average molecular weight is 484 g/mol. The Labute approximate surface area is 203 Å². The Balaban J connectivity index is 1.59. The fourth-order valence-corrected chi connectivity index (χ4v) is 4.39. The van der Waals surface area contributed by atoms with E-state index in [4.69, 9.17) is 0 Å². The van der Waals surface area contributed by atoms with Crippen LogP contribution in [-0.4, -0.2) is 33.7 Å². The molecular weight excluding hydrogens is 450 g/mol. The van der Waals surface area contributed by atoms with Gasteiger partial charge >= 0.3 is 0 Å². The highest BCUT2D eigenvalue weighted by atomic mass is 32.2. The van der Waals surface area contributed by atoms with E-state index in [2.05, 4.69) is 23.9 Å². The largest absolute Gasteiger partial charge is 0.326 e. The van der Waals surface area contributed by atoms with E-state index in [1.807, 2.05) is 26.0 Å². The Morgan fingerprint density at radius 2 is 1.65 bits per heavy atom. The van der Waals surface area contributed by atoms with Crippen LogP contribution in [0.15, 0.2) is 42.5 Å². The summed E-state index contributed by atoms with van der Waals surface area (Å²) in [7, 11) is -1.06. The fourth-order valence-electron chi connectivity index (χ4n) is 3.71. The first kappa shape index (κ1) is 25.8. The summed E-state index contributed by atoms with van der Waals surface area (Å²) in [5.74, 6) is -0.515. The first-order chi connectivity index (χ1) is 16.2. The number of nitrogens with one attached hydrogen (secondary N) is 2. The van der Waals surface area contributed by atoms with Crippen molar-refractivity contribution in [1.82, 2.24) is 4.72 Å². The molecule has 2 unspecified atom stereocenters. The highest BCUT2D eigenvalue weighted by Gasteiger charge is 2.36. The Kier molecular flexibility index (Phi) is 8.74. The maximum atomic E-state index is 13.0. The zero-order valence-corrected chi connectivity index (χ0v) is 21.0. The molecular formula is C26H33N3O4S. The van der Waals surface area contributed by atoms with Crippen molar-refractivity contribution in [3.05, 3.63) is 59.2 Å². The van der Waals surface area contributed by atoms with E-state index in [9.17, 15) is 18.6 Å². The predicted octanol–water partition coefficient (Wildman–Crippen LogP) is 4.77. The normalized spacial score (nSPS) is 14.9. The molecule has 0 aromatic heterocycles. The molecule has 2 atom stereocenters. The lowest BCUT2D eigenvalue weighted by Crippen LogP contribution is -2.29. The quantitative estimate of drug-likeness (QED) is 0.355. The topological polar surface area (TPSA) is 95.6 Å². The predicted molar refractivity (Wildman–Crippen MR) is 136 cm³/mol. The molecule has 0 fully saturated rings. The van der Waals surface area contributed by atoms with Gasteiger partial charge in [-0.1, -0.05) is 26.0 Å². The lowest BCUT2D eigenvalue weighted by Gasteiger charge is -2.15. The van der Waals surface area contributed by atoms with Gasteiger partial charge in [0.25, 0.3) is 11.8 Å². The number of benzene rings is 2. The van der Waals surface area contributed by atoms with Crippen molar-refractivity contribution in [2.45, 2.75) is 64.5 Å². The second-order valence-corrected chi connectivity index (χ2v) is 10.7. The first-order valence-corrected chi connectivity index (χ1v) is 13.0. The Morgan fingerprint density at radius 1 is 0.971 bits per heavy atom. The zero-order chi connectivity index (χ0) is 24.8. The van der Waals surface area contributed by atoms with Gasteiger partial charge in [0.2, 0.25) is 5.91 Å². The minimum atomic E-state index is -1.06. The number of nitrogens with zero attached hydrogens (tertiary/aromatic N) is 1. The first-order valence-electron chi connectivity index (χ1n) is 11.8. The molecule has 1 aliphatic rings. The molecule has 34 heavy (non-hydrogen) atoms. The van der Waals surface area contributed by atoms with Crippen LogP contribution in [0.2, 0.25) is 0 Å². The van der Waals surface area contributed by atoms with Gasteiger partial charge in [0.05, 0.1) is 27.8 Å². The molecule has 0 bridgehead atoms. The van der Waals surface area contributed by atoms with Crippen LogP contribution >= 0.6 is 0 Å². The minimum Gasteiger partial charge on any atom is -0.326 e. The molecule has 0 saturated carbocycles. The summed E-state index contributed by atoms with van der Waals surface area (Å²) >= 11 is 0. The van der Waals surface area contributed by atoms with Crippen molar-refractivity contribution in [3.63, 3.8) is 0 Å². The minimum absolute atomic E-state index is 0.0535. The highest BCUT2D eigenvalue weighted by Crippen LogP contribution is 2.31. The molecule has 2 aromatic carbocycles. The van der Waals surface area contributed by atoms with Gasteiger partial charge in [0.1, 0.15) is 0 Å². The Morgan fingerprint density at radius 3 is 2.29 bits per heavy atom. The van der Waals surface area contributed by atoms with Crippen LogP contribution in [0.5, 0.6) is 0 Å². The number of hydrogen-bond acceptors (Lipinski definition) is 4. The lowest BCUT2D eigenvalue weighted by molar-refractivity contribution is -0.116. The number of unbranched alkanes of at least 4 members (excludes halogenated alkanes) is 1. The van der Waals surface area contributed by atoms with E-state index >= 15 is 0 Å². The Hall–Kier alpha value is -2.84. The van der Waals surface area contributed by atoms with Gasteiger partial charge in [-0.15, -0.1) is 0 Å². The van der Waals surface area contributed by atoms with E-state index in [1.54, 1.807) is 30.3 Å². The fraction of sp³-hybridized carbons (Fsp3) is 0.423. The number of hydrogen-bond donors (Lipinski definition) is 2.